The predicted molar refractivity (Wildman–Crippen MR) is 72.7 cm³/mol. The predicted octanol–water partition coefficient (Wildman–Crippen LogP) is 1.61. The highest BCUT2D eigenvalue weighted by Crippen LogP contribution is 2.28. The molecule has 2 rings (SSSR count). The van der Waals surface area contributed by atoms with Gasteiger partial charge in [-0.2, -0.15) is 5.10 Å². The molecular formula is C12H13ClN4O2. The number of halogens is 1. The normalized spacial score (nSPS) is 10.4. The van der Waals surface area contributed by atoms with Gasteiger partial charge in [0.25, 0.3) is 5.91 Å². The summed E-state index contributed by atoms with van der Waals surface area (Å²) in [6.07, 6.45) is 1.31. The minimum absolute atomic E-state index is 0.142. The minimum atomic E-state index is -0.638. The van der Waals surface area contributed by atoms with Crippen molar-refractivity contribution in [3.63, 3.8) is 0 Å². The number of hydrogen-bond donors (Lipinski definition) is 2. The van der Waals surface area contributed by atoms with Gasteiger partial charge in [-0.25, -0.2) is 4.68 Å². The zero-order chi connectivity index (χ0) is 14.0. The summed E-state index contributed by atoms with van der Waals surface area (Å²) in [5.41, 5.74) is 11.7. The molecule has 0 radical (unpaired) electrons. The summed E-state index contributed by atoms with van der Waals surface area (Å²) in [5, 5.41) is 4.46. The van der Waals surface area contributed by atoms with Gasteiger partial charge in [-0.3, -0.25) is 4.79 Å². The van der Waals surface area contributed by atoms with Crippen LogP contribution >= 0.6 is 11.6 Å². The van der Waals surface area contributed by atoms with Crippen LogP contribution in [0.5, 0.6) is 5.75 Å². The fourth-order valence-corrected chi connectivity index (χ4v) is 1.85. The van der Waals surface area contributed by atoms with E-state index in [1.54, 1.807) is 18.2 Å². The minimum Gasteiger partial charge on any atom is -0.494 e. The first-order valence-corrected chi connectivity index (χ1v) is 5.98. The van der Waals surface area contributed by atoms with Crippen LogP contribution in [0.15, 0.2) is 24.4 Å². The van der Waals surface area contributed by atoms with Gasteiger partial charge in [-0.15, -0.1) is 0 Å². The zero-order valence-electron chi connectivity index (χ0n) is 10.3. The molecule has 100 valence electrons. The quantitative estimate of drug-likeness (QED) is 0.889. The first-order chi connectivity index (χ1) is 9.04. The first kappa shape index (κ1) is 13.2. The van der Waals surface area contributed by atoms with E-state index in [1.807, 2.05) is 6.92 Å². The van der Waals surface area contributed by atoms with Crippen LogP contribution in [0.2, 0.25) is 5.02 Å². The van der Waals surface area contributed by atoms with E-state index in [0.29, 0.717) is 23.1 Å². The van der Waals surface area contributed by atoms with Crippen molar-refractivity contribution in [3.05, 3.63) is 35.0 Å². The molecule has 0 aliphatic rings. The van der Waals surface area contributed by atoms with Crippen LogP contribution < -0.4 is 16.2 Å². The Hall–Kier alpha value is -2.21. The Bertz CT molecular complexity index is 624. The van der Waals surface area contributed by atoms with E-state index < -0.39 is 5.91 Å². The van der Waals surface area contributed by atoms with E-state index in [4.69, 9.17) is 27.8 Å². The van der Waals surface area contributed by atoms with Crippen molar-refractivity contribution in [2.45, 2.75) is 6.92 Å². The SMILES string of the molecule is CCOc1ccc(Cl)c(-n2ncc(C(N)=O)c2N)c1. The Morgan fingerprint density at radius 2 is 2.26 bits per heavy atom. The largest absolute Gasteiger partial charge is 0.494 e. The van der Waals surface area contributed by atoms with Gasteiger partial charge in [-0.05, 0) is 19.1 Å². The highest BCUT2D eigenvalue weighted by atomic mass is 35.5. The number of nitrogens with two attached hydrogens (primary N) is 2. The highest BCUT2D eigenvalue weighted by Gasteiger charge is 2.15. The molecular weight excluding hydrogens is 268 g/mol. The summed E-state index contributed by atoms with van der Waals surface area (Å²) < 4.78 is 6.74. The lowest BCUT2D eigenvalue weighted by Gasteiger charge is -2.09. The Morgan fingerprint density at radius 3 is 2.84 bits per heavy atom. The second-order valence-corrected chi connectivity index (χ2v) is 4.17. The molecule has 4 N–H and O–H groups in total. The molecule has 0 aliphatic heterocycles. The van der Waals surface area contributed by atoms with E-state index in [9.17, 15) is 4.79 Å². The van der Waals surface area contributed by atoms with E-state index in [0.717, 1.165) is 0 Å². The molecule has 0 fully saturated rings. The average molecular weight is 281 g/mol. The third kappa shape index (κ3) is 2.48. The summed E-state index contributed by atoms with van der Waals surface area (Å²) in [6.45, 7) is 2.41. The summed E-state index contributed by atoms with van der Waals surface area (Å²) in [4.78, 5) is 11.2. The first-order valence-electron chi connectivity index (χ1n) is 5.60. The maximum Gasteiger partial charge on any atom is 0.254 e. The molecule has 7 heteroatoms. The fraction of sp³-hybridized carbons (Fsp3) is 0.167. The number of amides is 1. The number of carbonyl (C=O) groups is 1. The van der Waals surface area contributed by atoms with Gasteiger partial charge in [0, 0.05) is 6.07 Å². The standard InChI is InChI=1S/C12H13ClN4O2/c1-2-19-7-3-4-9(13)10(5-7)17-11(14)8(6-16-17)12(15)18/h3-6H,2,14H2,1H3,(H2,15,18). The molecule has 1 aromatic heterocycles. The Balaban J connectivity index is 2.52. The van der Waals surface area contributed by atoms with Crippen LogP contribution in [-0.2, 0) is 0 Å². The molecule has 0 saturated heterocycles. The number of ether oxygens (including phenoxy) is 1. The number of aromatic nitrogens is 2. The van der Waals surface area contributed by atoms with E-state index in [-0.39, 0.29) is 11.4 Å². The van der Waals surface area contributed by atoms with Gasteiger partial charge in [0.2, 0.25) is 0 Å². The van der Waals surface area contributed by atoms with Crippen molar-refractivity contribution in [1.29, 1.82) is 0 Å². The topological polar surface area (TPSA) is 96.2 Å². The lowest BCUT2D eigenvalue weighted by molar-refractivity contribution is 0.100. The molecule has 6 nitrogen and oxygen atoms in total. The maximum absolute atomic E-state index is 11.2. The average Bonchev–Trinajstić information content (AvgIpc) is 2.74. The van der Waals surface area contributed by atoms with Gasteiger partial charge < -0.3 is 16.2 Å². The molecule has 2 aromatic rings. The van der Waals surface area contributed by atoms with Crippen LogP contribution in [0.1, 0.15) is 17.3 Å². The number of anilines is 1. The van der Waals surface area contributed by atoms with Crippen molar-refractivity contribution in [2.75, 3.05) is 12.3 Å². The zero-order valence-corrected chi connectivity index (χ0v) is 11.0. The smallest absolute Gasteiger partial charge is 0.254 e. The molecule has 1 heterocycles. The fourth-order valence-electron chi connectivity index (χ4n) is 1.65. The van der Waals surface area contributed by atoms with E-state index >= 15 is 0 Å². The Labute approximate surface area is 114 Å². The second kappa shape index (κ2) is 5.19. The summed E-state index contributed by atoms with van der Waals surface area (Å²) >= 11 is 6.10. The lowest BCUT2D eigenvalue weighted by Crippen LogP contribution is -2.13. The monoisotopic (exact) mass is 280 g/mol. The number of carbonyl (C=O) groups excluding carboxylic acids is 1. The van der Waals surface area contributed by atoms with Gasteiger partial charge in [0.1, 0.15) is 17.1 Å². The molecule has 1 amide bonds. The van der Waals surface area contributed by atoms with Crippen LogP contribution in [0.25, 0.3) is 5.69 Å². The summed E-state index contributed by atoms with van der Waals surface area (Å²) in [7, 11) is 0. The van der Waals surface area contributed by atoms with Crippen LogP contribution in [0.3, 0.4) is 0 Å². The molecule has 0 unspecified atom stereocenters. The number of hydrogen-bond acceptors (Lipinski definition) is 4. The van der Waals surface area contributed by atoms with E-state index in [2.05, 4.69) is 5.10 Å². The number of nitrogens with zero attached hydrogens (tertiary/aromatic N) is 2. The molecule has 0 spiro atoms. The van der Waals surface area contributed by atoms with Crippen LogP contribution in [0, 0.1) is 0 Å². The van der Waals surface area contributed by atoms with Gasteiger partial charge in [-0.1, -0.05) is 11.6 Å². The number of primary amides is 1. The molecule has 0 bridgehead atoms. The van der Waals surface area contributed by atoms with Crippen molar-refractivity contribution in [3.8, 4) is 11.4 Å². The maximum atomic E-state index is 11.2. The van der Waals surface area contributed by atoms with Crippen LogP contribution in [0.4, 0.5) is 5.82 Å². The lowest BCUT2D eigenvalue weighted by atomic mass is 10.3. The third-order valence-corrected chi connectivity index (χ3v) is 2.85. The molecule has 19 heavy (non-hydrogen) atoms. The molecule has 0 saturated carbocycles. The second-order valence-electron chi connectivity index (χ2n) is 3.77. The summed E-state index contributed by atoms with van der Waals surface area (Å²) in [5.74, 6) is 0.140. The van der Waals surface area contributed by atoms with Gasteiger partial charge >= 0.3 is 0 Å². The van der Waals surface area contributed by atoms with Crippen molar-refractivity contribution < 1.29 is 9.53 Å². The summed E-state index contributed by atoms with van der Waals surface area (Å²) in [6, 6.07) is 5.11. The van der Waals surface area contributed by atoms with Crippen molar-refractivity contribution >= 4 is 23.3 Å². The number of nitrogen functional groups attached to an aromatic ring is 1. The molecule has 1 aromatic carbocycles. The van der Waals surface area contributed by atoms with Gasteiger partial charge in [0.15, 0.2) is 0 Å². The van der Waals surface area contributed by atoms with Gasteiger partial charge in [0.05, 0.1) is 23.5 Å². The number of rotatable bonds is 4. The number of benzene rings is 1. The third-order valence-electron chi connectivity index (χ3n) is 2.53. The highest BCUT2D eigenvalue weighted by molar-refractivity contribution is 6.32. The Morgan fingerprint density at radius 1 is 1.53 bits per heavy atom. The Kier molecular flexibility index (Phi) is 3.62. The van der Waals surface area contributed by atoms with E-state index in [1.165, 1.54) is 10.9 Å². The van der Waals surface area contributed by atoms with Crippen molar-refractivity contribution in [2.24, 2.45) is 5.73 Å². The molecule has 0 atom stereocenters. The van der Waals surface area contributed by atoms with Crippen LogP contribution in [-0.4, -0.2) is 22.3 Å². The molecule has 0 aliphatic carbocycles. The van der Waals surface area contributed by atoms with Crippen molar-refractivity contribution in [1.82, 2.24) is 9.78 Å².